The molecule has 0 bridgehead atoms. The zero-order chi connectivity index (χ0) is 16.3. The van der Waals surface area contributed by atoms with Crippen molar-refractivity contribution in [1.82, 2.24) is 9.88 Å². The van der Waals surface area contributed by atoms with Crippen molar-refractivity contribution in [3.8, 4) is 0 Å². The van der Waals surface area contributed by atoms with Gasteiger partial charge in [-0.05, 0) is 13.2 Å². The molecule has 1 rings (SSSR count). The van der Waals surface area contributed by atoms with Crippen molar-refractivity contribution in [1.29, 1.82) is 0 Å². The maximum atomic E-state index is 9.10. The van der Waals surface area contributed by atoms with Gasteiger partial charge >= 0.3 is 18.9 Å². The second-order valence-corrected chi connectivity index (χ2v) is 5.75. The molecule has 0 aliphatic rings. The van der Waals surface area contributed by atoms with Gasteiger partial charge in [0.15, 0.2) is 0 Å². The van der Waals surface area contributed by atoms with E-state index >= 15 is 0 Å². The van der Waals surface area contributed by atoms with E-state index in [1.807, 2.05) is 32.2 Å². The third kappa shape index (κ3) is 9.65. The van der Waals surface area contributed by atoms with Crippen molar-refractivity contribution >= 4 is 45.7 Å². The molecule has 7 heteroatoms. The van der Waals surface area contributed by atoms with E-state index in [0.29, 0.717) is 11.5 Å². The van der Waals surface area contributed by atoms with Gasteiger partial charge in [-0.15, -0.1) is 5.70 Å². The molecule has 0 aliphatic heterocycles. The van der Waals surface area contributed by atoms with Gasteiger partial charge in [-0.3, -0.25) is 6.58 Å². The second-order valence-electron chi connectivity index (χ2n) is 4.07. The predicted octanol–water partition coefficient (Wildman–Crippen LogP) is 1.04. The molecule has 1 heterocycles. The summed E-state index contributed by atoms with van der Waals surface area (Å²) in [5, 5.41) is 8.69. The number of pyridine rings is 1. The SMILES string of the molecule is [CH-]=C(C(=[N-])Cl)N(CC)C(=S)C(C)CSC.[Li+].[c-]1cccnc1. The van der Waals surface area contributed by atoms with E-state index in [0.717, 1.165) is 5.75 Å². The van der Waals surface area contributed by atoms with Gasteiger partial charge in [0, 0.05) is 18.2 Å². The monoisotopic (exact) mass is 347 g/mol. The van der Waals surface area contributed by atoms with E-state index in [2.05, 4.69) is 11.1 Å². The maximum Gasteiger partial charge on any atom is 1.00 e. The molecule has 1 aromatic rings. The summed E-state index contributed by atoms with van der Waals surface area (Å²) in [5.74, 6) is 1.15. The number of hydrogen-bond donors (Lipinski definition) is 0. The minimum atomic E-state index is -0.407. The fraction of sp³-hybridized carbons (Fsp3) is 0.400. The first-order valence-electron chi connectivity index (χ1n) is 6.36. The van der Waals surface area contributed by atoms with Crippen molar-refractivity contribution < 1.29 is 18.9 Å². The molecule has 0 N–H and O–H groups in total. The minimum absolute atomic E-state index is 0. The average molecular weight is 348 g/mol. The van der Waals surface area contributed by atoms with Crippen LogP contribution in [0.3, 0.4) is 0 Å². The van der Waals surface area contributed by atoms with E-state index in [4.69, 9.17) is 35.8 Å². The molecule has 1 atom stereocenters. The predicted molar refractivity (Wildman–Crippen MR) is 97.6 cm³/mol. The van der Waals surface area contributed by atoms with Crippen molar-refractivity contribution in [2.75, 3.05) is 18.6 Å². The van der Waals surface area contributed by atoms with Crippen molar-refractivity contribution in [2.24, 2.45) is 5.92 Å². The number of halogens is 1. The van der Waals surface area contributed by atoms with Crippen LogP contribution in [0, 0.1) is 18.6 Å². The van der Waals surface area contributed by atoms with E-state index in [1.165, 1.54) is 0 Å². The van der Waals surface area contributed by atoms with Crippen LogP contribution in [0.2, 0.25) is 0 Å². The molecule has 0 saturated heterocycles. The fourth-order valence-corrected chi connectivity index (χ4v) is 2.60. The zero-order valence-electron chi connectivity index (χ0n) is 13.4. The summed E-state index contributed by atoms with van der Waals surface area (Å²) in [6.45, 7) is 10.2. The van der Waals surface area contributed by atoms with E-state index in [1.54, 1.807) is 29.1 Å². The fourth-order valence-electron chi connectivity index (χ4n) is 1.42. The molecular formula is C15H19ClLiN3S2-2. The van der Waals surface area contributed by atoms with Crippen LogP contribution in [0.1, 0.15) is 13.8 Å². The van der Waals surface area contributed by atoms with E-state index in [-0.39, 0.29) is 30.5 Å². The van der Waals surface area contributed by atoms with Crippen LogP contribution < -0.4 is 18.9 Å². The Morgan fingerprint density at radius 2 is 2.23 bits per heavy atom. The van der Waals surface area contributed by atoms with Crippen LogP contribution in [0.5, 0.6) is 0 Å². The van der Waals surface area contributed by atoms with Crippen LogP contribution >= 0.6 is 35.6 Å². The topological polar surface area (TPSA) is 38.4 Å². The van der Waals surface area contributed by atoms with Gasteiger partial charge in [0.25, 0.3) is 0 Å². The van der Waals surface area contributed by atoms with Crippen molar-refractivity contribution in [3.05, 3.63) is 48.3 Å². The van der Waals surface area contributed by atoms with Gasteiger partial charge in [-0.2, -0.15) is 17.8 Å². The standard InChI is InChI=1S/C10H15ClN2S2.C5H4N.Li/c1-5-13(8(3)9(11)12)10(14)7(2)6-15-4;1-2-4-6-5-3-1;/h3,7H,5-6H2,1-2,4H3;1-2,4-5H;/q-2;-1;+1. The number of rotatable bonds is 6. The molecule has 0 aliphatic carbocycles. The van der Waals surface area contributed by atoms with Crippen LogP contribution in [0.25, 0.3) is 5.41 Å². The number of allylic oxidation sites excluding steroid dienone is 1. The van der Waals surface area contributed by atoms with Crippen molar-refractivity contribution in [2.45, 2.75) is 13.8 Å². The van der Waals surface area contributed by atoms with Crippen LogP contribution in [0.15, 0.2) is 30.2 Å². The molecule has 0 aromatic carbocycles. The third-order valence-corrected chi connectivity index (χ3v) is 4.09. The maximum absolute atomic E-state index is 9.10. The molecule has 1 aromatic heterocycles. The number of thioether (sulfide) groups is 1. The van der Waals surface area contributed by atoms with Crippen molar-refractivity contribution in [3.63, 3.8) is 0 Å². The molecule has 0 spiro atoms. The Balaban J connectivity index is 0. The Labute approximate surface area is 160 Å². The molecular weight excluding hydrogens is 329 g/mol. The first-order valence-corrected chi connectivity index (χ1v) is 8.54. The summed E-state index contributed by atoms with van der Waals surface area (Å²) in [5.41, 5.74) is 0.122. The summed E-state index contributed by atoms with van der Waals surface area (Å²) < 4.78 is 0. The van der Waals surface area contributed by atoms with Gasteiger partial charge in [0.05, 0.1) is 4.99 Å². The van der Waals surface area contributed by atoms with Gasteiger partial charge in [0.2, 0.25) is 0 Å². The summed E-state index contributed by atoms with van der Waals surface area (Å²) in [6.07, 6.45) is 5.37. The molecule has 3 nitrogen and oxygen atoms in total. The molecule has 0 radical (unpaired) electrons. The molecule has 0 saturated carbocycles. The van der Waals surface area contributed by atoms with E-state index in [9.17, 15) is 0 Å². The number of thiocarbonyl (C=S) groups is 1. The Bertz CT molecular complexity index is 431. The summed E-state index contributed by atoms with van der Waals surface area (Å²) in [6, 6.07) is 6.43. The Morgan fingerprint density at radius 1 is 1.59 bits per heavy atom. The molecule has 0 amide bonds. The second kappa shape index (κ2) is 14.3. The summed E-state index contributed by atoms with van der Waals surface area (Å²) >= 11 is 12.4. The largest absolute Gasteiger partial charge is 1.00 e. The Hall–Kier alpha value is -0.313. The molecule has 22 heavy (non-hydrogen) atoms. The molecule has 0 fully saturated rings. The quantitative estimate of drug-likeness (QED) is 0.334. The Morgan fingerprint density at radius 3 is 2.50 bits per heavy atom. The first-order chi connectivity index (χ1) is 9.95. The van der Waals surface area contributed by atoms with Crippen LogP contribution in [-0.2, 0) is 0 Å². The number of nitrogens with zero attached hydrogens (tertiary/aromatic N) is 3. The minimum Gasteiger partial charge on any atom is -0.893 e. The average Bonchev–Trinajstić information content (AvgIpc) is 2.50. The molecule has 1 unspecified atom stereocenters. The number of hydrogen-bond acceptors (Lipinski definition) is 3. The zero-order valence-corrected chi connectivity index (χ0v) is 15.8. The van der Waals surface area contributed by atoms with Crippen LogP contribution in [0.4, 0.5) is 0 Å². The normalized spacial score (nSPS) is 10.4. The summed E-state index contributed by atoms with van der Waals surface area (Å²) in [7, 11) is 0. The van der Waals surface area contributed by atoms with Gasteiger partial charge in [-0.1, -0.05) is 31.5 Å². The smallest absolute Gasteiger partial charge is 0.893 e. The Kier molecular flexibility index (Phi) is 15.6. The molecule has 116 valence electrons. The van der Waals surface area contributed by atoms with E-state index < -0.39 is 5.17 Å². The third-order valence-electron chi connectivity index (χ3n) is 2.44. The van der Waals surface area contributed by atoms with Gasteiger partial charge in [-0.25, -0.2) is 28.9 Å². The van der Waals surface area contributed by atoms with Gasteiger partial charge < -0.3 is 15.3 Å². The summed E-state index contributed by atoms with van der Waals surface area (Å²) in [4.78, 5) is 6.09. The first kappa shape index (κ1) is 23.9. The van der Waals surface area contributed by atoms with Gasteiger partial charge in [0.1, 0.15) is 0 Å². The van der Waals surface area contributed by atoms with Crippen LogP contribution in [-0.4, -0.2) is 38.6 Å². The number of aromatic nitrogens is 1.